The smallest absolute Gasteiger partial charge is 0.338 e. The van der Waals surface area contributed by atoms with Crippen molar-refractivity contribution in [3.05, 3.63) is 69.3 Å². The Morgan fingerprint density at radius 2 is 1.63 bits per heavy atom. The van der Waals surface area contributed by atoms with Crippen molar-refractivity contribution in [1.29, 1.82) is 0 Å². The number of rotatable bonds is 6. The fourth-order valence-electron chi connectivity index (χ4n) is 2.53. The lowest BCUT2D eigenvalue weighted by molar-refractivity contribution is -0.385. The Morgan fingerprint density at radius 3 is 2.17 bits per heavy atom. The summed E-state index contributed by atoms with van der Waals surface area (Å²) in [6.45, 7) is 5.50. The molecule has 0 atom stereocenters. The highest BCUT2D eigenvalue weighted by molar-refractivity contribution is 6.05. The first-order valence-electron chi connectivity index (χ1n) is 8.97. The summed E-state index contributed by atoms with van der Waals surface area (Å²) in [5.74, 6) is -2.35. The first kappa shape index (κ1) is 22.5. The molecular weight excluding hydrogens is 392 g/mol. The summed E-state index contributed by atoms with van der Waals surface area (Å²) in [4.78, 5) is 46.2. The first-order chi connectivity index (χ1) is 14.0. The van der Waals surface area contributed by atoms with Gasteiger partial charge in [-0.1, -0.05) is 32.9 Å². The second-order valence-corrected chi connectivity index (χ2v) is 7.42. The molecule has 30 heavy (non-hydrogen) atoms. The van der Waals surface area contributed by atoms with Gasteiger partial charge in [0.15, 0.2) is 12.4 Å². The summed E-state index contributed by atoms with van der Waals surface area (Å²) < 4.78 is 9.69. The molecule has 1 N–H and O–H groups in total. The maximum Gasteiger partial charge on any atom is 0.338 e. The molecule has 0 aromatic heterocycles. The number of ether oxygens (including phenoxy) is 2. The number of nitro groups is 1. The molecule has 2 rings (SSSR count). The first-order valence-corrected chi connectivity index (χ1v) is 8.97. The summed E-state index contributed by atoms with van der Waals surface area (Å²) in [6.07, 6.45) is 0. The summed E-state index contributed by atoms with van der Waals surface area (Å²) in [6, 6.07) is 10.3. The summed E-state index contributed by atoms with van der Waals surface area (Å²) >= 11 is 0. The number of methoxy groups -OCH3 is 1. The average molecular weight is 414 g/mol. The molecule has 0 aliphatic carbocycles. The molecule has 0 unspecified atom stereocenters. The lowest BCUT2D eigenvalue weighted by atomic mass is 9.87. The number of carbonyl (C=O) groups is 3. The van der Waals surface area contributed by atoms with Crippen molar-refractivity contribution in [2.75, 3.05) is 13.7 Å². The Balaban J connectivity index is 2.03. The Hall–Kier alpha value is -3.75. The highest BCUT2D eigenvalue weighted by atomic mass is 16.6. The average Bonchev–Trinajstić information content (AvgIpc) is 2.70. The van der Waals surface area contributed by atoms with Gasteiger partial charge in [0.05, 0.1) is 17.6 Å². The molecule has 0 heterocycles. The minimum atomic E-state index is -0.772. The number of hydrogen-bond donors (Lipinski definition) is 1. The third kappa shape index (κ3) is 5.63. The van der Waals surface area contributed by atoms with Gasteiger partial charge in [-0.15, -0.1) is 0 Å². The van der Waals surface area contributed by atoms with Crippen LogP contribution in [0.4, 0.5) is 5.69 Å². The van der Waals surface area contributed by atoms with Gasteiger partial charge in [0, 0.05) is 11.6 Å². The highest BCUT2D eigenvalue weighted by Gasteiger charge is 2.21. The van der Waals surface area contributed by atoms with E-state index in [2.05, 4.69) is 10.1 Å². The lowest BCUT2D eigenvalue weighted by Gasteiger charge is -2.19. The number of nitro benzene ring substituents is 1. The molecule has 0 saturated carbocycles. The standard InChI is InChI=1S/C21H22N2O7/c1-21(2,3)15-8-5-13(6-9-15)19(25)22-18(24)12-30-17-10-7-14(20(26)29-4)11-16(17)23(27)28/h5-11H,12H2,1-4H3,(H,22,24,25). The maximum atomic E-state index is 12.2. The number of benzene rings is 2. The SMILES string of the molecule is COC(=O)c1ccc(OCC(=O)NC(=O)c2ccc(C(C)(C)C)cc2)c([N+](=O)[O-])c1. The number of esters is 1. The number of hydrogen-bond acceptors (Lipinski definition) is 7. The van der Waals surface area contributed by atoms with Crippen LogP contribution < -0.4 is 10.1 Å². The van der Waals surface area contributed by atoms with Gasteiger partial charge in [0.25, 0.3) is 11.8 Å². The number of nitrogens with one attached hydrogen (secondary N) is 1. The lowest BCUT2D eigenvalue weighted by Crippen LogP contribution is -2.34. The van der Waals surface area contributed by atoms with E-state index in [1.165, 1.54) is 12.1 Å². The topological polar surface area (TPSA) is 125 Å². The molecule has 2 aromatic rings. The van der Waals surface area contributed by atoms with E-state index < -0.39 is 35.0 Å². The molecule has 9 heteroatoms. The zero-order valence-electron chi connectivity index (χ0n) is 17.1. The minimum Gasteiger partial charge on any atom is -0.477 e. The van der Waals surface area contributed by atoms with E-state index in [0.717, 1.165) is 18.7 Å². The van der Waals surface area contributed by atoms with E-state index in [1.807, 2.05) is 32.9 Å². The summed E-state index contributed by atoms with van der Waals surface area (Å²) in [5, 5.41) is 13.4. The van der Waals surface area contributed by atoms with Crippen molar-refractivity contribution in [2.45, 2.75) is 26.2 Å². The van der Waals surface area contributed by atoms with E-state index in [1.54, 1.807) is 12.1 Å². The van der Waals surface area contributed by atoms with Crippen LogP contribution in [0.1, 0.15) is 47.1 Å². The molecule has 9 nitrogen and oxygen atoms in total. The van der Waals surface area contributed by atoms with Crippen LogP contribution >= 0.6 is 0 Å². The van der Waals surface area contributed by atoms with Gasteiger partial charge in [-0.25, -0.2) is 4.79 Å². The number of nitrogens with zero attached hydrogens (tertiary/aromatic N) is 1. The van der Waals surface area contributed by atoms with Gasteiger partial charge >= 0.3 is 11.7 Å². The van der Waals surface area contributed by atoms with E-state index >= 15 is 0 Å². The minimum absolute atomic E-state index is 0.0325. The van der Waals surface area contributed by atoms with Crippen LogP contribution in [0.5, 0.6) is 5.75 Å². The largest absolute Gasteiger partial charge is 0.477 e. The van der Waals surface area contributed by atoms with Crippen molar-refractivity contribution in [3.8, 4) is 5.75 Å². The molecule has 0 bridgehead atoms. The zero-order chi connectivity index (χ0) is 22.5. The van der Waals surface area contributed by atoms with Crippen LogP contribution in [0.2, 0.25) is 0 Å². The molecule has 0 saturated heterocycles. The fraction of sp³-hybridized carbons (Fsp3) is 0.286. The zero-order valence-corrected chi connectivity index (χ0v) is 17.1. The maximum absolute atomic E-state index is 12.2. The van der Waals surface area contributed by atoms with E-state index in [9.17, 15) is 24.5 Å². The monoisotopic (exact) mass is 414 g/mol. The number of amides is 2. The Kier molecular flexibility index (Phi) is 6.89. The summed E-state index contributed by atoms with van der Waals surface area (Å²) in [5.41, 5.74) is 0.724. The number of imide groups is 1. The predicted octanol–water partition coefficient (Wildman–Crippen LogP) is 3.01. The van der Waals surface area contributed by atoms with Crippen molar-refractivity contribution < 1.29 is 28.8 Å². The normalized spacial score (nSPS) is 10.8. The molecule has 0 spiro atoms. The van der Waals surface area contributed by atoms with Crippen LogP contribution in [0.3, 0.4) is 0 Å². The van der Waals surface area contributed by atoms with Crippen molar-refractivity contribution in [1.82, 2.24) is 5.32 Å². The molecule has 2 aromatic carbocycles. The Bertz CT molecular complexity index is 976. The van der Waals surface area contributed by atoms with Crippen molar-refractivity contribution in [2.24, 2.45) is 0 Å². The number of carbonyl (C=O) groups excluding carboxylic acids is 3. The van der Waals surface area contributed by atoms with E-state index in [-0.39, 0.29) is 16.7 Å². The Morgan fingerprint density at radius 1 is 1.03 bits per heavy atom. The third-order valence-corrected chi connectivity index (χ3v) is 4.20. The van der Waals surface area contributed by atoms with Crippen molar-refractivity contribution in [3.63, 3.8) is 0 Å². The Labute approximate surface area is 173 Å². The van der Waals surface area contributed by atoms with Gasteiger partial charge in [-0.05, 0) is 35.2 Å². The second kappa shape index (κ2) is 9.17. The highest BCUT2D eigenvalue weighted by Crippen LogP contribution is 2.28. The summed E-state index contributed by atoms with van der Waals surface area (Å²) in [7, 11) is 1.15. The molecule has 0 radical (unpaired) electrons. The molecule has 158 valence electrons. The molecule has 2 amide bonds. The van der Waals surface area contributed by atoms with Gasteiger partial charge in [-0.2, -0.15) is 0 Å². The quantitative estimate of drug-likeness (QED) is 0.437. The second-order valence-electron chi connectivity index (χ2n) is 7.42. The van der Waals surface area contributed by atoms with Crippen LogP contribution in [-0.4, -0.2) is 36.4 Å². The van der Waals surface area contributed by atoms with Crippen LogP contribution in [-0.2, 0) is 14.9 Å². The van der Waals surface area contributed by atoms with Crippen molar-refractivity contribution >= 4 is 23.5 Å². The predicted molar refractivity (Wildman–Crippen MR) is 108 cm³/mol. The molecule has 0 aliphatic heterocycles. The molecular formula is C21H22N2O7. The van der Waals surface area contributed by atoms with E-state index in [0.29, 0.717) is 5.56 Å². The van der Waals surface area contributed by atoms with Crippen LogP contribution in [0.25, 0.3) is 0 Å². The molecule has 0 fully saturated rings. The van der Waals surface area contributed by atoms with Crippen LogP contribution in [0.15, 0.2) is 42.5 Å². The van der Waals surface area contributed by atoms with Gasteiger partial charge < -0.3 is 9.47 Å². The van der Waals surface area contributed by atoms with E-state index in [4.69, 9.17) is 4.74 Å². The van der Waals surface area contributed by atoms with Gasteiger partial charge in [-0.3, -0.25) is 25.0 Å². The third-order valence-electron chi connectivity index (χ3n) is 4.20. The molecule has 0 aliphatic rings. The van der Waals surface area contributed by atoms with Crippen LogP contribution in [0, 0.1) is 10.1 Å². The van der Waals surface area contributed by atoms with Gasteiger partial charge in [0.1, 0.15) is 0 Å². The van der Waals surface area contributed by atoms with Gasteiger partial charge in [0.2, 0.25) is 0 Å². The fourth-order valence-corrected chi connectivity index (χ4v) is 2.53.